The van der Waals surface area contributed by atoms with Gasteiger partial charge in [0.15, 0.2) is 0 Å². The van der Waals surface area contributed by atoms with Crippen LogP contribution in [-0.2, 0) is 4.79 Å². The van der Waals surface area contributed by atoms with E-state index in [9.17, 15) is 19.7 Å². The number of nitrogens with zero attached hydrogens (tertiary/aromatic N) is 1. The van der Waals surface area contributed by atoms with Crippen molar-refractivity contribution in [3.05, 3.63) is 39.9 Å². The molecule has 1 N–H and O–H groups in total. The topological polar surface area (TPSA) is 89.3 Å². The molecule has 18 heavy (non-hydrogen) atoms. The molecule has 0 aromatic heterocycles. The summed E-state index contributed by atoms with van der Waals surface area (Å²) < 4.78 is 0.253. The van der Waals surface area contributed by atoms with E-state index >= 15 is 0 Å². The van der Waals surface area contributed by atoms with Gasteiger partial charge in [-0.25, -0.2) is 0 Å². The Morgan fingerprint density at radius 2 is 2.06 bits per heavy atom. The van der Waals surface area contributed by atoms with Crippen LogP contribution in [0.4, 0.5) is 5.69 Å². The van der Waals surface area contributed by atoms with Crippen molar-refractivity contribution in [2.24, 2.45) is 0 Å². The number of benzene rings is 1. The van der Waals surface area contributed by atoms with Crippen molar-refractivity contribution in [2.75, 3.05) is 10.4 Å². The molecule has 0 saturated carbocycles. The van der Waals surface area contributed by atoms with Crippen LogP contribution in [0.25, 0.3) is 0 Å². The van der Waals surface area contributed by atoms with Crippen LogP contribution in [0.1, 0.15) is 10.4 Å². The van der Waals surface area contributed by atoms with Gasteiger partial charge in [0.1, 0.15) is 0 Å². The van der Waals surface area contributed by atoms with Crippen molar-refractivity contribution in [1.82, 2.24) is 5.32 Å². The van der Waals surface area contributed by atoms with Crippen molar-refractivity contribution in [1.29, 1.82) is 0 Å². The molecular weight excluding hydrogens is 366 g/mol. The molecule has 0 unspecified atom stereocenters. The van der Waals surface area contributed by atoms with Crippen LogP contribution < -0.4 is 5.32 Å². The van der Waals surface area contributed by atoms with Crippen molar-refractivity contribution < 1.29 is 14.5 Å². The Balaban J connectivity index is 2.67. The molecule has 8 heteroatoms. The molecule has 0 spiro atoms. The maximum absolute atomic E-state index is 11.7. The third-order valence-electron chi connectivity index (χ3n) is 2.00. The zero-order chi connectivity index (χ0) is 13.5. The number of rotatable bonds is 6. The first-order chi connectivity index (χ1) is 8.56. The second-order valence-corrected chi connectivity index (χ2v) is 7.07. The van der Waals surface area contributed by atoms with Crippen LogP contribution >= 0.6 is 11.6 Å². The summed E-state index contributed by atoms with van der Waals surface area (Å²) in [5, 5.41) is 13.2. The molecule has 0 bridgehead atoms. The number of para-hydroxylation sites is 1. The number of amides is 1. The van der Waals surface area contributed by atoms with Crippen LogP contribution in [0.5, 0.6) is 0 Å². The Hall–Kier alpha value is -1.15. The van der Waals surface area contributed by atoms with Gasteiger partial charge in [0, 0.05) is 0 Å². The Labute approximate surface area is 118 Å². The van der Waals surface area contributed by atoms with Crippen LogP contribution in [0, 0.1) is 10.1 Å². The first-order valence-electron chi connectivity index (χ1n) is 4.90. The van der Waals surface area contributed by atoms with Gasteiger partial charge in [0.25, 0.3) is 0 Å². The number of alkyl halides is 1. The van der Waals surface area contributed by atoms with Gasteiger partial charge in [-0.1, -0.05) is 0 Å². The SMILES string of the molecule is O=[C](CCl)[Sn][CH2]NC(=O)c1ccccc1[N+](=O)[O-]. The van der Waals surface area contributed by atoms with E-state index in [2.05, 4.69) is 5.32 Å². The molecule has 1 amide bonds. The predicted molar refractivity (Wildman–Crippen MR) is 66.9 cm³/mol. The zero-order valence-corrected chi connectivity index (χ0v) is 12.8. The quantitative estimate of drug-likeness (QED) is 0.344. The number of nitro groups is 1. The van der Waals surface area contributed by atoms with Gasteiger partial charge in [0.05, 0.1) is 0 Å². The Kier molecular flexibility index (Phi) is 6.06. The molecule has 6 nitrogen and oxygen atoms in total. The molecule has 1 rings (SSSR count). The normalized spacial score (nSPS) is 9.83. The van der Waals surface area contributed by atoms with Crippen molar-refractivity contribution in [3.8, 4) is 0 Å². The molecule has 0 aliphatic heterocycles. The summed E-state index contributed by atoms with van der Waals surface area (Å²) in [7, 11) is 0. The summed E-state index contributed by atoms with van der Waals surface area (Å²) in [4.78, 5) is 32.8. The van der Waals surface area contributed by atoms with E-state index in [1.807, 2.05) is 0 Å². The van der Waals surface area contributed by atoms with Gasteiger partial charge in [-0.2, -0.15) is 0 Å². The Bertz CT molecular complexity index is 481. The minimum absolute atomic E-state index is 0.000184. The van der Waals surface area contributed by atoms with Gasteiger partial charge in [-0.05, 0) is 0 Å². The van der Waals surface area contributed by atoms with Crippen LogP contribution in [0.3, 0.4) is 0 Å². The summed E-state index contributed by atoms with van der Waals surface area (Å²) >= 11 is 3.95. The number of halogens is 1. The van der Waals surface area contributed by atoms with Gasteiger partial charge in [-0.15, -0.1) is 0 Å². The average Bonchev–Trinajstić information content (AvgIpc) is 2.38. The van der Waals surface area contributed by atoms with E-state index < -0.39 is 32.0 Å². The molecule has 0 heterocycles. The standard InChI is InChI=1S/C8H7N2O3.C2H2ClO.Sn/c1-9-8(11)6-4-2-3-5-7(6)10(12)13;3-1-2-4;/h2-5H,1H2,(H,9,11);1H2;. The number of carbonyl (C=O) groups is 2. The van der Waals surface area contributed by atoms with E-state index in [0.717, 1.165) is 0 Å². The fraction of sp³-hybridized carbons (Fsp3) is 0.200. The third-order valence-corrected chi connectivity index (χ3v) is 5.52. The molecule has 0 aliphatic carbocycles. The van der Waals surface area contributed by atoms with E-state index in [-0.39, 0.29) is 25.5 Å². The van der Waals surface area contributed by atoms with Gasteiger partial charge >= 0.3 is 118 Å². The molecule has 0 atom stereocenters. The molecule has 94 valence electrons. The monoisotopic (exact) mass is 376 g/mol. The molecule has 0 fully saturated rings. The minimum atomic E-state index is -1.39. The van der Waals surface area contributed by atoms with E-state index in [1.54, 1.807) is 6.07 Å². The van der Waals surface area contributed by atoms with Gasteiger partial charge in [-0.3, -0.25) is 0 Å². The first kappa shape index (κ1) is 14.9. The van der Waals surface area contributed by atoms with Crippen molar-refractivity contribution >= 4 is 48.1 Å². The van der Waals surface area contributed by atoms with Crippen LogP contribution in [0.2, 0.25) is 0 Å². The van der Waals surface area contributed by atoms with Gasteiger partial charge < -0.3 is 0 Å². The second kappa shape index (κ2) is 7.32. The molecule has 1 aromatic rings. The number of carbonyl (C=O) groups excluding carboxylic acids is 2. The fourth-order valence-corrected chi connectivity index (χ4v) is 3.37. The molecule has 0 aliphatic rings. The molecule has 0 saturated heterocycles. The van der Waals surface area contributed by atoms with Crippen molar-refractivity contribution in [3.63, 3.8) is 0 Å². The zero-order valence-electron chi connectivity index (χ0n) is 9.18. The molecule has 1 aromatic carbocycles. The second-order valence-electron chi connectivity index (χ2n) is 3.19. The van der Waals surface area contributed by atoms with E-state index in [1.165, 1.54) is 18.2 Å². The summed E-state index contributed by atoms with van der Waals surface area (Å²) in [5.41, 5.74) is -0.246. The number of nitro benzene ring substituents is 1. The molecular formula is C10H9ClN2O4Sn. The van der Waals surface area contributed by atoms with Crippen molar-refractivity contribution in [2.45, 2.75) is 0 Å². The summed E-state index contributed by atoms with van der Waals surface area (Å²) in [6, 6.07) is 5.68. The summed E-state index contributed by atoms with van der Waals surface area (Å²) in [6.07, 6.45) is 0. The number of hydrogen-bond acceptors (Lipinski definition) is 4. The Morgan fingerprint density at radius 3 is 2.67 bits per heavy atom. The Morgan fingerprint density at radius 1 is 1.39 bits per heavy atom. The number of nitrogens with one attached hydrogen (secondary N) is 1. The third kappa shape index (κ3) is 4.26. The fourth-order valence-electron chi connectivity index (χ4n) is 1.19. The molecule has 2 radical (unpaired) electrons. The van der Waals surface area contributed by atoms with Crippen LogP contribution in [-0.4, -0.2) is 46.2 Å². The van der Waals surface area contributed by atoms with Crippen LogP contribution in [0.15, 0.2) is 24.3 Å². The van der Waals surface area contributed by atoms with E-state index in [0.29, 0.717) is 0 Å². The van der Waals surface area contributed by atoms with E-state index in [4.69, 9.17) is 11.6 Å². The van der Waals surface area contributed by atoms with Gasteiger partial charge in [0.2, 0.25) is 0 Å². The average molecular weight is 375 g/mol. The predicted octanol–water partition coefficient (Wildman–Crippen LogP) is 0.752. The first-order valence-corrected chi connectivity index (χ1v) is 8.88. The summed E-state index contributed by atoms with van der Waals surface area (Å²) in [6.45, 7) is 0. The number of hydrogen-bond donors (Lipinski definition) is 1. The maximum atomic E-state index is 11.7. The summed E-state index contributed by atoms with van der Waals surface area (Å²) in [5.74, 6) is -0.571.